The van der Waals surface area contributed by atoms with Crippen LogP contribution in [0.15, 0.2) is 48.5 Å². The Morgan fingerprint density at radius 1 is 1.04 bits per heavy atom. The fourth-order valence-corrected chi connectivity index (χ4v) is 3.35. The molecule has 144 valence electrons. The van der Waals surface area contributed by atoms with Crippen LogP contribution in [-0.2, 0) is 12.7 Å². The number of halogens is 3. The number of piperazine rings is 1. The number of hydrogen-bond donors (Lipinski definition) is 1. The van der Waals surface area contributed by atoms with Crippen LogP contribution < -0.4 is 5.32 Å². The number of hydrogen-bond acceptors (Lipinski definition) is 2. The molecule has 0 aliphatic carbocycles. The molecule has 3 nitrogen and oxygen atoms in total. The average Bonchev–Trinajstić information content (AvgIpc) is 2.64. The van der Waals surface area contributed by atoms with Crippen molar-refractivity contribution < 1.29 is 13.2 Å². The first-order valence-corrected chi connectivity index (χ1v) is 9.23. The largest absolute Gasteiger partial charge is 0.416 e. The van der Waals surface area contributed by atoms with E-state index in [2.05, 4.69) is 15.1 Å². The van der Waals surface area contributed by atoms with Gasteiger partial charge in [-0.25, -0.2) is 0 Å². The molecular formula is C20H22F3N3S. The van der Waals surface area contributed by atoms with Crippen molar-refractivity contribution in [1.82, 2.24) is 9.80 Å². The highest BCUT2D eigenvalue weighted by atomic mass is 32.1. The molecule has 2 aromatic carbocycles. The Kier molecular flexibility index (Phi) is 6.01. The molecule has 0 spiro atoms. The van der Waals surface area contributed by atoms with Crippen molar-refractivity contribution in [2.24, 2.45) is 0 Å². The lowest BCUT2D eigenvalue weighted by Gasteiger charge is -2.36. The van der Waals surface area contributed by atoms with E-state index in [-0.39, 0.29) is 0 Å². The third-order valence-corrected chi connectivity index (χ3v) is 4.98. The summed E-state index contributed by atoms with van der Waals surface area (Å²) in [6, 6.07) is 13.6. The second-order valence-corrected chi connectivity index (χ2v) is 7.14. The Morgan fingerprint density at radius 2 is 1.70 bits per heavy atom. The number of anilines is 1. The van der Waals surface area contributed by atoms with Gasteiger partial charge in [0.05, 0.1) is 5.56 Å². The van der Waals surface area contributed by atoms with Crippen LogP contribution >= 0.6 is 12.2 Å². The fraction of sp³-hybridized carbons (Fsp3) is 0.350. The third kappa shape index (κ3) is 5.43. The molecule has 3 rings (SSSR count). The first-order valence-electron chi connectivity index (χ1n) is 8.82. The molecule has 0 unspecified atom stereocenters. The van der Waals surface area contributed by atoms with Gasteiger partial charge in [0, 0.05) is 38.4 Å². The number of benzene rings is 2. The zero-order chi connectivity index (χ0) is 19.4. The van der Waals surface area contributed by atoms with E-state index in [0.717, 1.165) is 37.9 Å². The molecule has 7 heteroatoms. The lowest BCUT2D eigenvalue weighted by molar-refractivity contribution is -0.137. The Balaban J connectivity index is 1.51. The van der Waals surface area contributed by atoms with Crippen molar-refractivity contribution in [3.63, 3.8) is 0 Å². The SMILES string of the molecule is Cc1ccc(NC(=S)N2CCN(Cc3cccc(C(F)(F)F)c3)CC2)cc1. The minimum atomic E-state index is -4.30. The normalized spacial score (nSPS) is 15.6. The fourth-order valence-electron chi connectivity index (χ4n) is 3.05. The van der Waals surface area contributed by atoms with E-state index in [1.165, 1.54) is 17.7 Å². The van der Waals surface area contributed by atoms with Gasteiger partial charge in [-0.1, -0.05) is 35.9 Å². The zero-order valence-electron chi connectivity index (χ0n) is 15.1. The molecule has 0 radical (unpaired) electrons. The van der Waals surface area contributed by atoms with Gasteiger partial charge in [-0.15, -0.1) is 0 Å². The standard InChI is InChI=1S/C20H22F3N3S/c1-15-5-7-18(8-6-15)24-19(27)26-11-9-25(10-12-26)14-16-3-2-4-17(13-16)20(21,22)23/h2-8,13H,9-12,14H2,1H3,(H,24,27). The van der Waals surface area contributed by atoms with Crippen molar-refractivity contribution in [1.29, 1.82) is 0 Å². The van der Waals surface area contributed by atoms with Crippen molar-refractivity contribution in [2.45, 2.75) is 19.6 Å². The van der Waals surface area contributed by atoms with E-state index in [4.69, 9.17) is 12.2 Å². The zero-order valence-corrected chi connectivity index (χ0v) is 15.9. The maximum absolute atomic E-state index is 12.8. The van der Waals surface area contributed by atoms with Crippen LogP contribution in [0.25, 0.3) is 0 Å². The lowest BCUT2D eigenvalue weighted by atomic mass is 10.1. The summed E-state index contributed by atoms with van der Waals surface area (Å²) in [5, 5.41) is 3.92. The molecule has 1 N–H and O–H groups in total. The topological polar surface area (TPSA) is 18.5 Å². The van der Waals surface area contributed by atoms with Crippen LogP contribution in [0.1, 0.15) is 16.7 Å². The predicted molar refractivity (Wildman–Crippen MR) is 106 cm³/mol. The number of thiocarbonyl (C=S) groups is 1. The van der Waals surface area contributed by atoms with E-state index in [1.807, 2.05) is 31.2 Å². The molecular weight excluding hydrogens is 371 g/mol. The highest BCUT2D eigenvalue weighted by molar-refractivity contribution is 7.80. The monoisotopic (exact) mass is 393 g/mol. The van der Waals surface area contributed by atoms with Gasteiger partial charge in [0.2, 0.25) is 0 Å². The Labute approximate surface area is 162 Å². The van der Waals surface area contributed by atoms with Gasteiger partial charge in [0.15, 0.2) is 5.11 Å². The second kappa shape index (κ2) is 8.27. The maximum Gasteiger partial charge on any atom is 0.416 e. The minimum Gasteiger partial charge on any atom is -0.346 e. The van der Waals surface area contributed by atoms with E-state index in [1.54, 1.807) is 6.07 Å². The third-order valence-electron chi connectivity index (χ3n) is 4.62. The molecule has 1 aliphatic heterocycles. The van der Waals surface area contributed by atoms with Crippen LogP contribution in [0, 0.1) is 6.92 Å². The Morgan fingerprint density at radius 3 is 2.33 bits per heavy atom. The summed E-state index contributed by atoms with van der Waals surface area (Å²) in [5.74, 6) is 0. The summed E-state index contributed by atoms with van der Waals surface area (Å²) in [6.45, 7) is 5.55. The number of aryl methyl sites for hydroxylation is 1. The number of rotatable bonds is 3. The first kappa shape index (κ1) is 19.6. The highest BCUT2D eigenvalue weighted by Gasteiger charge is 2.30. The van der Waals surface area contributed by atoms with E-state index in [9.17, 15) is 13.2 Å². The quantitative estimate of drug-likeness (QED) is 0.772. The van der Waals surface area contributed by atoms with Crippen molar-refractivity contribution in [3.05, 3.63) is 65.2 Å². The van der Waals surface area contributed by atoms with Crippen LogP contribution in [0.2, 0.25) is 0 Å². The van der Waals surface area contributed by atoms with Gasteiger partial charge in [-0.05, 0) is 42.9 Å². The molecule has 27 heavy (non-hydrogen) atoms. The predicted octanol–water partition coefficient (Wildman–Crippen LogP) is 4.53. The summed E-state index contributed by atoms with van der Waals surface area (Å²) < 4.78 is 38.5. The minimum absolute atomic E-state index is 0.510. The summed E-state index contributed by atoms with van der Waals surface area (Å²) in [6.07, 6.45) is -4.30. The van der Waals surface area contributed by atoms with Crippen LogP contribution in [0.5, 0.6) is 0 Å². The smallest absolute Gasteiger partial charge is 0.346 e. The lowest BCUT2D eigenvalue weighted by Crippen LogP contribution is -2.49. The molecule has 2 aromatic rings. The molecule has 1 fully saturated rings. The van der Waals surface area contributed by atoms with E-state index in [0.29, 0.717) is 17.2 Å². The number of nitrogens with one attached hydrogen (secondary N) is 1. The Hall–Kier alpha value is -2.12. The van der Waals surface area contributed by atoms with Gasteiger partial charge < -0.3 is 10.2 Å². The molecule has 0 atom stereocenters. The number of alkyl halides is 3. The molecule has 0 saturated carbocycles. The van der Waals surface area contributed by atoms with Gasteiger partial charge in [0.1, 0.15) is 0 Å². The molecule has 0 aromatic heterocycles. The average molecular weight is 393 g/mol. The van der Waals surface area contributed by atoms with Crippen molar-refractivity contribution >= 4 is 23.0 Å². The highest BCUT2D eigenvalue weighted by Crippen LogP contribution is 2.29. The van der Waals surface area contributed by atoms with Crippen LogP contribution in [-0.4, -0.2) is 41.1 Å². The van der Waals surface area contributed by atoms with Gasteiger partial charge in [0.25, 0.3) is 0 Å². The molecule has 0 bridgehead atoms. The van der Waals surface area contributed by atoms with Gasteiger partial charge >= 0.3 is 6.18 Å². The van der Waals surface area contributed by atoms with Crippen molar-refractivity contribution in [3.8, 4) is 0 Å². The van der Waals surface area contributed by atoms with Crippen molar-refractivity contribution in [2.75, 3.05) is 31.5 Å². The molecule has 1 aliphatic rings. The maximum atomic E-state index is 12.8. The second-order valence-electron chi connectivity index (χ2n) is 6.76. The van der Waals surface area contributed by atoms with E-state index < -0.39 is 11.7 Å². The van der Waals surface area contributed by atoms with E-state index >= 15 is 0 Å². The van der Waals surface area contributed by atoms with Crippen LogP contribution in [0.4, 0.5) is 18.9 Å². The summed E-state index contributed by atoms with van der Waals surface area (Å²) in [4.78, 5) is 4.25. The summed E-state index contributed by atoms with van der Waals surface area (Å²) in [7, 11) is 0. The molecule has 0 amide bonds. The number of nitrogens with zero attached hydrogens (tertiary/aromatic N) is 2. The molecule has 1 saturated heterocycles. The molecule has 1 heterocycles. The van der Waals surface area contributed by atoms with Gasteiger partial charge in [-0.2, -0.15) is 13.2 Å². The van der Waals surface area contributed by atoms with Gasteiger partial charge in [-0.3, -0.25) is 4.90 Å². The summed E-state index contributed by atoms with van der Waals surface area (Å²) >= 11 is 5.49. The van der Waals surface area contributed by atoms with Crippen LogP contribution in [0.3, 0.4) is 0 Å². The Bertz CT molecular complexity index is 782. The summed E-state index contributed by atoms with van der Waals surface area (Å²) in [5.41, 5.74) is 2.23. The first-order chi connectivity index (χ1) is 12.8.